The fourth-order valence-corrected chi connectivity index (χ4v) is 2.05. The number of hydrogen-bond donors (Lipinski definition) is 0. The summed E-state index contributed by atoms with van der Waals surface area (Å²) in [6, 6.07) is 6.08. The molecule has 1 aromatic heterocycles. The van der Waals surface area contributed by atoms with Gasteiger partial charge in [-0.05, 0) is 24.7 Å². The molecule has 0 N–H and O–H groups in total. The summed E-state index contributed by atoms with van der Waals surface area (Å²) in [5.74, 6) is 1.67. The third kappa shape index (κ3) is 2.85. The van der Waals surface area contributed by atoms with E-state index in [0.29, 0.717) is 6.79 Å². The van der Waals surface area contributed by atoms with Crippen molar-refractivity contribution in [3.05, 3.63) is 36.4 Å². The van der Waals surface area contributed by atoms with Gasteiger partial charge in [0, 0.05) is 19.6 Å². The summed E-state index contributed by atoms with van der Waals surface area (Å²) in [5.41, 5.74) is 1.22. The van der Waals surface area contributed by atoms with E-state index in [1.165, 1.54) is 5.56 Å². The van der Waals surface area contributed by atoms with Crippen LogP contribution >= 0.6 is 0 Å². The number of aromatic nitrogens is 3. The summed E-state index contributed by atoms with van der Waals surface area (Å²) in [6.07, 6.45) is 3.46. The lowest BCUT2D eigenvalue weighted by molar-refractivity contribution is 0.174. The lowest BCUT2D eigenvalue weighted by Crippen LogP contribution is -2.22. The van der Waals surface area contributed by atoms with E-state index >= 15 is 0 Å². The second-order valence-corrected chi connectivity index (χ2v) is 4.63. The largest absolute Gasteiger partial charge is 0.454 e. The van der Waals surface area contributed by atoms with Crippen LogP contribution in [0.4, 0.5) is 0 Å². The van der Waals surface area contributed by atoms with Crippen molar-refractivity contribution in [3.63, 3.8) is 0 Å². The highest BCUT2D eigenvalue weighted by Gasteiger charge is 2.13. The minimum atomic E-state index is 0.322. The van der Waals surface area contributed by atoms with E-state index in [1.54, 1.807) is 12.7 Å². The molecule has 100 valence electrons. The summed E-state index contributed by atoms with van der Waals surface area (Å²) in [5, 5.41) is 7.57. The van der Waals surface area contributed by atoms with Crippen LogP contribution in [-0.2, 0) is 13.1 Å². The highest BCUT2D eigenvalue weighted by Crippen LogP contribution is 2.32. The Hall–Kier alpha value is -2.08. The maximum Gasteiger partial charge on any atom is 0.231 e. The van der Waals surface area contributed by atoms with E-state index in [9.17, 15) is 0 Å². The molecule has 2 heterocycles. The van der Waals surface area contributed by atoms with Crippen LogP contribution in [0.2, 0.25) is 0 Å². The molecule has 0 unspecified atom stereocenters. The molecule has 6 heteroatoms. The number of benzene rings is 1. The van der Waals surface area contributed by atoms with Gasteiger partial charge in [-0.25, -0.2) is 0 Å². The Kier molecular flexibility index (Phi) is 3.33. The number of fused-ring (bicyclic) bond motifs is 1. The number of ether oxygens (including phenoxy) is 2. The molecule has 2 aromatic rings. The van der Waals surface area contributed by atoms with Crippen LogP contribution in [0.1, 0.15) is 5.56 Å². The van der Waals surface area contributed by atoms with Crippen molar-refractivity contribution >= 4 is 0 Å². The summed E-state index contributed by atoms with van der Waals surface area (Å²) in [6.45, 7) is 3.02. The number of hydrogen-bond acceptors (Lipinski definition) is 5. The molecule has 1 aliphatic rings. The van der Waals surface area contributed by atoms with Gasteiger partial charge in [0.2, 0.25) is 6.79 Å². The summed E-state index contributed by atoms with van der Waals surface area (Å²) >= 11 is 0. The normalized spacial score (nSPS) is 13.2. The van der Waals surface area contributed by atoms with Crippen molar-refractivity contribution in [2.75, 3.05) is 20.4 Å². The molecule has 1 aromatic carbocycles. The highest BCUT2D eigenvalue weighted by atomic mass is 16.7. The lowest BCUT2D eigenvalue weighted by atomic mass is 10.2. The third-order valence-electron chi connectivity index (χ3n) is 3.10. The van der Waals surface area contributed by atoms with Crippen molar-refractivity contribution in [2.24, 2.45) is 0 Å². The molecule has 0 bridgehead atoms. The van der Waals surface area contributed by atoms with Crippen molar-refractivity contribution < 1.29 is 9.47 Å². The Morgan fingerprint density at radius 1 is 1.21 bits per heavy atom. The monoisotopic (exact) mass is 260 g/mol. The van der Waals surface area contributed by atoms with Gasteiger partial charge < -0.3 is 18.9 Å². The van der Waals surface area contributed by atoms with Crippen LogP contribution in [0.5, 0.6) is 11.5 Å². The van der Waals surface area contributed by atoms with E-state index in [-0.39, 0.29) is 0 Å². The predicted molar refractivity (Wildman–Crippen MR) is 68.9 cm³/mol. The average molecular weight is 260 g/mol. The molecule has 0 atom stereocenters. The van der Waals surface area contributed by atoms with Gasteiger partial charge in [0.25, 0.3) is 0 Å². The van der Waals surface area contributed by atoms with Crippen LogP contribution in [0.15, 0.2) is 30.9 Å². The fraction of sp³-hybridized carbons (Fsp3) is 0.385. The standard InChI is InChI=1S/C13H16N4O2/c1-16(4-5-17-8-14-15-9-17)7-11-2-3-12-13(6-11)19-10-18-12/h2-3,6,8-9H,4-5,7,10H2,1H3. The topological polar surface area (TPSA) is 52.4 Å². The van der Waals surface area contributed by atoms with Gasteiger partial charge in [0.15, 0.2) is 11.5 Å². The number of likely N-dealkylation sites (N-methyl/N-ethyl adjacent to an activating group) is 1. The van der Waals surface area contributed by atoms with E-state index < -0.39 is 0 Å². The Balaban J connectivity index is 1.55. The molecule has 0 saturated heterocycles. The first-order chi connectivity index (χ1) is 9.31. The molecule has 0 saturated carbocycles. The van der Waals surface area contributed by atoms with Gasteiger partial charge in [-0.2, -0.15) is 0 Å². The van der Waals surface area contributed by atoms with Gasteiger partial charge in [0.1, 0.15) is 12.7 Å². The molecule has 0 amide bonds. The first-order valence-corrected chi connectivity index (χ1v) is 6.21. The van der Waals surface area contributed by atoms with E-state index in [2.05, 4.69) is 28.2 Å². The minimum Gasteiger partial charge on any atom is -0.454 e. The second kappa shape index (κ2) is 5.27. The first kappa shape index (κ1) is 12.0. The SMILES string of the molecule is CN(CCn1cnnc1)Cc1ccc2c(c1)OCO2. The molecule has 0 radical (unpaired) electrons. The molecule has 3 rings (SSSR count). The van der Waals surface area contributed by atoms with E-state index in [4.69, 9.17) is 9.47 Å². The maximum atomic E-state index is 5.38. The van der Waals surface area contributed by atoms with E-state index in [0.717, 1.165) is 31.1 Å². The summed E-state index contributed by atoms with van der Waals surface area (Å²) in [4.78, 5) is 2.25. The Morgan fingerprint density at radius 2 is 2.00 bits per heavy atom. The van der Waals surface area contributed by atoms with Crippen LogP contribution < -0.4 is 9.47 Å². The quantitative estimate of drug-likeness (QED) is 0.807. The molecule has 19 heavy (non-hydrogen) atoms. The molecular weight excluding hydrogens is 244 g/mol. The average Bonchev–Trinajstić information content (AvgIpc) is 3.07. The lowest BCUT2D eigenvalue weighted by Gasteiger charge is -2.16. The molecule has 1 aliphatic heterocycles. The van der Waals surface area contributed by atoms with Crippen LogP contribution in [0, 0.1) is 0 Å². The van der Waals surface area contributed by atoms with Crippen molar-refractivity contribution in [3.8, 4) is 11.5 Å². The number of nitrogens with zero attached hydrogens (tertiary/aromatic N) is 4. The molecule has 0 aliphatic carbocycles. The van der Waals surface area contributed by atoms with Gasteiger partial charge in [-0.15, -0.1) is 10.2 Å². The van der Waals surface area contributed by atoms with Gasteiger partial charge in [-0.3, -0.25) is 0 Å². The third-order valence-corrected chi connectivity index (χ3v) is 3.10. The molecular formula is C13H16N4O2. The Morgan fingerprint density at radius 3 is 2.84 bits per heavy atom. The van der Waals surface area contributed by atoms with Crippen LogP contribution in [0.3, 0.4) is 0 Å². The first-order valence-electron chi connectivity index (χ1n) is 6.21. The maximum absolute atomic E-state index is 5.38. The smallest absolute Gasteiger partial charge is 0.231 e. The number of rotatable bonds is 5. The zero-order valence-corrected chi connectivity index (χ0v) is 10.8. The predicted octanol–water partition coefficient (Wildman–Crippen LogP) is 1.14. The minimum absolute atomic E-state index is 0.322. The zero-order chi connectivity index (χ0) is 13.1. The van der Waals surface area contributed by atoms with Crippen molar-refractivity contribution in [1.29, 1.82) is 0 Å². The second-order valence-electron chi connectivity index (χ2n) is 4.63. The highest BCUT2D eigenvalue weighted by molar-refractivity contribution is 5.44. The van der Waals surface area contributed by atoms with Crippen molar-refractivity contribution in [2.45, 2.75) is 13.1 Å². The van der Waals surface area contributed by atoms with Gasteiger partial charge >= 0.3 is 0 Å². The van der Waals surface area contributed by atoms with E-state index in [1.807, 2.05) is 16.7 Å². The van der Waals surface area contributed by atoms with Crippen LogP contribution in [0.25, 0.3) is 0 Å². The Bertz CT molecular complexity index is 542. The summed E-state index contributed by atoms with van der Waals surface area (Å²) in [7, 11) is 2.09. The van der Waals surface area contributed by atoms with Gasteiger partial charge in [-0.1, -0.05) is 6.07 Å². The summed E-state index contributed by atoms with van der Waals surface area (Å²) < 4.78 is 12.6. The van der Waals surface area contributed by atoms with Crippen LogP contribution in [-0.4, -0.2) is 40.0 Å². The molecule has 0 spiro atoms. The zero-order valence-electron chi connectivity index (χ0n) is 10.8. The fourth-order valence-electron chi connectivity index (χ4n) is 2.05. The van der Waals surface area contributed by atoms with Gasteiger partial charge in [0.05, 0.1) is 0 Å². The molecule has 0 fully saturated rings. The Labute approximate surface area is 111 Å². The van der Waals surface area contributed by atoms with Crippen molar-refractivity contribution in [1.82, 2.24) is 19.7 Å². The molecule has 6 nitrogen and oxygen atoms in total.